The zero-order chi connectivity index (χ0) is 17.4. The second-order valence-electron chi connectivity index (χ2n) is 6.74. The van der Waals surface area contributed by atoms with Gasteiger partial charge in [0.2, 0.25) is 0 Å². The van der Waals surface area contributed by atoms with E-state index in [0.717, 1.165) is 42.5 Å². The van der Waals surface area contributed by atoms with Gasteiger partial charge >= 0.3 is 0 Å². The number of hydrogen-bond donors (Lipinski definition) is 0. The number of fused-ring (bicyclic) bond motifs is 3. The summed E-state index contributed by atoms with van der Waals surface area (Å²) in [5, 5.41) is 11.2. The molecule has 0 spiro atoms. The summed E-state index contributed by atoms with van der Waals surface area (Å²) in [5.41, 5.74) is 3.25. The Labute approximate surface area is 151 Å². The number of imidazole rings is 1. The first-order valence-corrected chi connectivity index (χ1v) is 9.77. The molecule has 1 aliphatic rings. The Bertz CT molecular complexity index is 938. The fourth-order valence-corrected chi connectivity index (χ4v) is 5.10. The monoisotopic (exact) mass is 354 g/mol. The number of methoxy groups -OCH3 is 1. The number of hydrogen-bond acceptors (Lipinski definition) is 5. The van der Waals surface area contributed by atoms with Crippen molar-refractivity contribution in [2.45, 2.75) is 51.2 Å². The summed E-state index contributed by atoms with van der Waals surface area (Å²) >= 11 is 1.74. The zero-order valence-corrected chi connectivity index (χ0v) is 15.4. The van der Waals surface area contributed by atoms with Crippen molar-refractivity contribution in [1.82, 2.24) is 14.5 Å². The minimum absolute atomic E-state index is 0.140. The number of pyridine rings is 1. The van der Waals surface area contributed by atoms with Gasteiger partial charge in [-0.1, -0.05) is 6.92 Å². The average molecular weight is 354 g/mol. The molecule has 0 N–H and O–H groups in total. The molecule has 130 valence electrons. The van der Waals surface area contributed by atoms with Crippen LogP contribution in [0.15, 0.2) is 17.6 Å². The molecule has 0 unspecified atom stereocenters. The van der Waals surface area contributed by atoms with Crippen LogP contribution in [0.3, 0.4) is 0 Å². The van der Waals surface area contributed by atoms with Crippen molar-refractivity contribution in [3.8, 4) is 6.07 Å². The lowest BCUT2D eigenvalue weighted by atomic mass is 9.81. The molecular formula is C19H22N4OS. The maximum absolute atomic E-state index is 9.07. The lowest BCUT2D eigenvalue weighted by Crippen LogP contribution is -2.32. The molecule has 3 heterocycles. The van der Waals surface area contributed by atoms with E-state index >= 15 is 0 Å². The van der Waals surface area contributed by atoms with E-state index in [-0.39, 0.29) is 6.10 Å². The molecule has 1 fully saturated rings. The van der Waals surface area contributed by atoms with Gasteiger partial charge in [-0.05, 0) is 36.6 Å². The third-order valence-electron chi connectivity index (χ3n) is 5.43. The molecule has 0 radical (unpaired) electrons. The normalized spacial score (nSPS) is 24.0. The number of nitriles is 1. The van der Waals surface area contributed by atoms with Crippen molar-refractivity contribution in [3.05, 3.63) is 23.5 Å². The Morgan fingerprint density at radius 1 is 1.40 bits per heavy atom. The van der Waals surface area contributed by atoms with Crippen LogP contribution < -0.4 is 0 Å². The minimum Gasteiger partial charge on any atom is -0.381 e. The van der Waals surface area contributed by atoms with Gasteiger partial charge < -0.3 is 9.30 Å². The van der Waals surface area contributed by atoms with Crippen molar-refractivity contribution < 1.29 is 4.74 Å². The quantitative estimate of drug-likeness (QED) is 0.693. The number of aromatic nitrogens is 3. The van der Waals surface area contributed by atoms with Crippen molar-refractivity contribution in [1.29, 1.82) is 5.26 Å². The summed E-state index contributed by atoms with van der Waals surface area (Å²) in [5.74, 6) is 1.46. The second kappa shape index (κ2) is 6.74. The third kappa shape index (κ3) is 2.72. The van der Waals surface area contributed by atoms with Gasteiger partial charge in [-0.2, -0.15) is 5.26 Å². The predicted molar refractivity (Wildman–Crippen MR) is 99.7 cm³/mol. The number of thiophene rings is 1. The number of ether oxygens (including phenoxy) is 1. The molecule has 3 atom stereocenters. The predicted octanol–water partition coefficient (Wildman–Crippen LogP) is 4.48. The second-order valence-corrected chi connectivity index (χ2v) is 7.66. The summed E-state index contributed by atoms with van der Waals surface area (Å²) in [7, 11) is 1.77. The van der Waals surface area contributed by atoms with E-state index in [1.807, 2.05) is 6.20 Å². The van der Waals surface area contributed by atoms with Crippen molar-refractivity contribution in [2.24, 2.45) is 5.92 Å². The molecule has 1 aliphatic carbocycles. The Balaban J connectivity index is 1.80. The van der Waals surface area contributed by atoms with Crippen LogP contribution in [0.5, 0.6) is 0 Å². The first kappa shape index (κ1) is 16.5. The molecule has 3 aromatic heterocycles. The van der Waals surface area contributed by atoms with Gasteiger partial charge in [-0.15, -0.1) is 11.3 Å². The highest BCUT2D eigenvalue weighted by Gasteiger charge is 2.33. The SMILES string of the molecule is CCc1nc2cnc3ccsc3c2n1[C@@H]1CC[C@@H](CC#N)[C@@H](OC)C1. The highest BCUT2D eigenvalue weighted by atomic mass is 32.1. The smallest absolute Gasteiger partial charge is 0.109 e. The van der Waals surface area contributed by atoms with Crippen LogP contribution >= 0.6 is 11.3 Å². The summed E-state index contributed by atoms with van der Waals surface area (Å²) < 4.78 is 9.40. The molecule has 0 bridgehead atoms. The maximum Gasteiger partial charge on any atom is 0.109 e. The summed E-state index contributed by atoms with van der Waals surface area (Å²) in [6, 6.07) is 4.76. The van der Waals surface area contributed by atoms with E-state index in [1.165, 1.54) is 10.2 Å². The van der Waals surface area contributed by atoms with Gasteiger partial charge in [0.05, 0.1) is 34.1 Å². The van der Waals surface area contributed by atoms with Crippen molar-refractivity contribution in [3.63, 3.8) is 0 Å². The molecule has 0 amide bonds. The standard InChI is InChI=1S/C19H22N4OS/c1-3-17-22-15-11-21-14-7-9-25-19(14)18(15)23(17)13-5-4-12(6-8-20)16(10-13)24-2/h7,9,11-13,16H,3-6,10H2,1-2H3/t12-,13+,16-/m0/s1. The van der Waals surface area contributed by atoms with E-state index in [0.29, 0.717) is 18.4 Å². The third-order valence-corrected chi connectivity index (χ3v) is 6.35. The molecule has 3 aromatic rings. The van der Waals surface area contributed by atoms with Crippen LogP contribution in [0.4, 0.5) is 0 Å². The molecule has 6 heteroatoms. The average Bonchev–Trinajstić information content (AvgIpc) is 3.25. The number of rotatable bonds is 4. The highest BCUT2D eigenvalue weighted by molar-refractivity contribution is 7.18. The fourth-order valence-electron chi connectivity index (χ4n) is 4.21. The molecule has 5 nitrogen and oxygen atoms in total. The molecular weight excluding hydrogens is 332 g/mol. The molecule has 0 aliphatic heterocycles. The first-order chi connectivity index (χ1) is 12.3. The van der Waals surface area contributed by atoms with Gasteiger partial charge in [-0.25, -0.2) is 4.98 Å². The highest BCUT2D eigenvalue weighted by Crippen LogP contribution is 2.40. The van der Waals surface area contributed by atoms with Gasteiger partial charge in [0.25, 0.3) is 0 Å². The Hall–Kier alpha value is -1.97. The van der Waals surface area contributed by atoms with Crippen LogP contribution in [0.25, 0.3) is 21.3 Å². The lowest BCUT2D eigenvalue weighted by molar-refractivity contribution is 0.00908. The van der Waals surface area contributed by atoms with Crippen LogP contribution in [-0.4, -0.2) is 27.7 Å². The summed E-state index contributed by atoms with van der Waals surface area (Å²) in [4.78, 5) is 9.40. The van der Waals surface area contributed by atoms with E-state index in [9.17, 15) is 0 Å². The number of nitrogens with zero attached hydrogens (tertiary/aromatic N) is 4. The van der Waals surface area contributed by atoms with Gasteiger partial charge in [0, 0.05) is 26.0 Å². The van der Waals surface area contributed by atoms with Crippen molar-refractivity contribution in [2.75, 3.05) is 7.11 Å². The minimum atomic E-state index is 0.140. The Morgan fingerprint density at radius 2 is 2.28 bits per heavy atom. The Kier molecular flexibility index (Phi) is 4.45. The molecule has 0 aromatic carbocycles. The zero-order valence-electron chi connectivity index (χ0n) is 14.6. The fraction of sp³-hybridized carbons (Fsp3) is 0.526. The van der Waals surface area contributed by atoms with Crippen molar-refractivity contribution >= 4 is 32.6 Å². The topological polar surface area (TPSA) is 63.7 Å². The number of aryl methyl sites for hydroxylation is 1. The summed E-state index contributed by atoms with van der Waals surface area (Å²) in [6.07, 6.45) is 6.55. The maximum atomic E-state index is 9.07. The largest absolute Gasteiger partial charge is 0.381 e. The van der Waals surface area contributed by atoms with Crippen LogP contribution in [0, 0.1) is 17.2 Å². The molecule has 4 rings (SSSR count). The Morgan fingerprint density at radius 3 is 3.04 bits per heavy atom. The van der Waals surface area contributed by atoms with Gasteiger partial charge in [-0.3, -0.25) is 4.98 Å². The first-order valence-electron chi connectivity index (χ1n) is 8.89. The van der Waals surface area contributed by atoms with E-state index in [1.54, 1.807) is 18.4 Å². The van der Waals surface area contributed by atoms with Gasteiger partial charge in [0.1, 0.15) is 11.3 Å². The lowest BCUT2D eigenvalue weighted by Gasteiger charge is -2.35. The van der Waals surface area contributed by atoms with E-state index in [2.05, 4.69) is 34.0 Å². The molecule has 25 heavy (non-hydrogen) atoms. The summed E-state index contributed by atoms with van der Waals surface area (Å²) in [6.45, 7) is 2.16. The van der Waals surface area contributed by atoms with Crippen LogP contribution in [-0.2, 0) is 11.2 Å². The van der Waals surface area contributed by atoms with Crippen LogP contribution in [0.1, 0.15) is 44.5 Å². The van der Waals surface area contributed by atoms with Gasteiger partial charge in [0.15, 0.2) is 0 Å². The van der Waals surface area contributed by atoms with E-state index in [4.69, 9.17) is 15.0 Å². The van der Waals surface area contributed by atoms with Crippen LogP contribution in [0.2, 0.25) is 0 Å². The molecule has 0 saturated heterocycles. The molecule has 1 saturated carbocycles. The van der Waals surface area contributed by atoms with E-state index < -0.39 is 0 Å².